The average molecular weight is 977 g/mol. The van der Waals surface area contributed by atoms with E-state index < -0.39 is 120 Å². The van der Waals surface area contributed by atoms with Crippen LogP contribution >= 0.6 is 0 Å². The Morgan fingerprint density at radius 3 is 2.40 bits per heavy atom. The molecule has 11 atom stereocenters. The molecule has 4 aliphatic carbocycles. The number of ether oxygens (including phenoxy) is 5. The number of nitrogens with one attached hydrogen (secondary N) is 1. The van der Waals surface area contributed by atoms with Crippen LogP contribution in [0.5, 0.6) is 17.2 Å². The molecular weight excluding hydrogens is 913 g/mol. The van der Waals surface area contributed by atoms with Crippen molar-refractivity contribution in [2.75, 3.05) is 20.3 Å². The van der Waals surface area contributed by atoms with Gasteiger partial charge in [-0.15, -0.1) is 5.10 Å². The molecule has 3 aromatic rings. The molecule has 5 aliphatic rings. The summed E-state index contributed by atoms with van der Waals surface area (Å²) in [5.41, 5.74) is -2.55. The molecule has 0 bridgehead atoms. The Morgan fingerprint density at radius 2 is 1.71 bits per heavy atom. The summed E-state index contributed by atoms with van der Waals surface area (Å²) >= 11 is 0. The van der Waals surface area contributed by atoms with Crippen LogP contribution in [-0.4, -0.2) is 138 Å². The lowest BCUT2D eigenvalue weighted by molar-refractivity contribution is -0.249. The topological polar surface area (TPSA) is 296 Å². The van der Waals surface area contributed by atoms with Crippen LogP contribution in [0.4, 0.5) is 4.79 Å². The Kier molecular flexibility index (Phi) is 14.8. The molecule has 1 amide bonds. The van der Waals surface area contributed by atoms with Crippen LogP contribution in [0.1, 0.15) is 134 Å². The van der Waals surface area contributed by atoms with E-state index in [-0.39, 0.29) is 71.2 Å². The Balaban J connectivity index is 0.929. The van der Waals surface area contributed by atoms with Crippen molar-refractivity contribution in [3.05, 3.63) is 63.0 Å². The van der Waals surface area contributed by atoms with Gasteiger partial charge in [0.05, 0.1) is 66.1 Å². The van der Waals surface area contributed by atoms with Gasteiger partial charge in [0, 0.05) is 42.4 Å². The van der Waals surface area contributed by atoms with Crippen LogP contribution < -0.4 is 10.1 Å². The van der Waals surface area contributed by atoms with E-state index in [9.17, 15) is 54.6 Å². The standard InChI is InChI=1S/C50H64N4O16/c1-22(2)14-25(15-34(56)23(3)4)69-49(64)67-21-30-26-10-12-31-33(13-11-27(26)30)54(53-52-31)19-38(58)51-32-16-39(68-24(5)44(32)59)70-36-18-50(65,37(57)20-55)17-29-41(36)48(63)43-42(46(29)61)45(60)28-8-7-9-35(66-6)40(28)47(43)62/h7-9,22-27,30,32,34,36,39,44,55-56,59,61,63,65H,10-21H2,1-6H3,(H,51,58)/t24-,25?,26+,27-,30+,32-,34?,36-,39-,44+,50-/m0/s1. The zero-order valence-electron chi connectivity index (χ0n) is 40.3. The van der Waals surface area contributed by atoms with Gasteiger partial charge in [0.2, 0.25) is 11.7 Å². The first kappa shape index (κ1) is 50.9. The second-order valence-corrected chi connectivity index (χ2v) is 20.4. The van der Waals surface area contributed by atoms with Crippen molar-refractivity contribution in [3.8, 4) is 17.2 Å². The molecule has 2 unspecified atom stereocenters. The second-order valence-electron chi connectivity index (χ2n) is 20.4. The lowest BCUT2D eigenvalue weighted by Crippen LogP contribution is -2.56. The third kappa shape index (κ3) is 9.90. The Hall–Kier alpha value is -5.51. The first-order valence-electron chi connectivity index (χ1n) is 24.2. The van der Waals surface area contributed by atoms with E-state index in [1.807, 2.05) is 27.7 Å². The average Bonchev–Trinajstić information content (AvgIpc) is 3.82. The van der Waals surface area contributed by atoms with Gasteiger partial charge in [-0.1, -0.05) is 45.0 Å². The highest BCUT2D eigenvalue weighted by molar-refractivity contribution is 6.31. The molecule has 2 heterocycles. The summed E-state index contributed by atoms with van der Waals surface area (Å²) in [5, 5.41) is 78.4. The van der Waals surface area contributed by atoms with E-state index in [0.717, 1.165) is 24.2 Å². The number of hydrogen-bond acceptors (Lipinski definition) is 18. The molecular formula is C50H64N4O16. The predicted molar refractivity (Wildman–Crippen MR) is 244 cm³/mol. The summed E-state index contributed by atoms with van der Waals surface area (Å²) in [6.07, 6.45) is -4.45. The molecule has 0 radical (unpaired) electrons. The molecule has 1 saturated heterocycles. The highest BCUT2D eigenvalue weighted by Crippen LogP contribution is 2.54. The van der Waals surface area contributed by atoms with Gasteiger partial charge < -0.3 is 59.6 Å². The van der Waals surface area contributed by atoms with Crippen molar-refractivity contribution in [1.29, 1.82) is 0 Å². The Bertz CT molecular complexity index is 2520. The van der Waals surface area contributed by atoms with Crippen LogP contribution in [0, 0.1) is 29.6 Å². The number of carbonyl (C=O) groups excluding carboxylic acids is 5. The summed E-state index contributed by atoms with van der Waals surface area (Å²) in [7, 11) is 1.31. The van der Waals surface area contributed by atoms with Crippen molar-refractivity contribution in [1.82, 2.24) is 20.3 Å². The van der Waals surface area contributed by atoms with Gasteiger partial charge in [0.15, 0.2) is 17.9 Å². The summed E-state index contributed by atoms with van der Waals surface area (Å²) in [4.78, 5) is 67.6. The molecule has 380 valence electrons. The number of phenols is 2. The van der Waals surface area contributed by atoms with E-state index in [1.165, 1.54) is 30.0 Å². The number of aromatic hydroxyl groups is 2. The Morgan fingerprint density at radius 1 is 1.00 bits per heavy atom. The summed E-state index contributed by atoms with van der Waals surface area (Å²) < 4.78 is 30.5. The number of ketones is 3. The minimum absolute atomic E-state index is 0.0291. The summed E-state index contributed by atoms with van der Waals surface area (Å²) in [5.74, 6) is -3.56. The van der Waals surface area contributed by atoms with Crippen LogP contribution in [0.25, 0.3) is 0 Å². The molecule has 2 fully saturated rings. The molecule has 2 aromatic carbocycles. The maximum absolute atomic E-state index is 14.1. The largest absolute Gasteiger partial charge is 0.508 e. The number of methoxy groups -OCH3 is 1. The van der Waals surface area contributed by atoms with E-state index in [4.69, 9.17) is 23.7 Å². The molecule has 0 spiro atoms. The van der Waals surface area contributed by atoms with Crippen LogP contribution in [-0.2, 0) is 54.3 Å². The van der Waals surface area contributed by atoms with Gasteiger partial charge in [0.1, 0.15) is 48.2 Å². The van der Waals surface area contributed by atoms with Crippen molar-refractivity contribution < 1.29 is 78.3 Å². The predicted octanol–water partition coefficient (Wildman–Crippen LogP) is 3.17. The normalized spacial score (nSPS) is 27.7. The van der Waals surface area contributed by atoms with E-state index in [0.29, 0.717) is 31.6 Å². The smallest absolute Gasteiger partial charge is 0.507 e. The third-order valence-corrected chi connectivity index (χ3v) is 14.9. The molecule has 7 N–H and O–H groups in total. The van der Waals surface area contributed by atoms with Crippen molar-refractivity contribution in [2.45, 2.75) is 147 Å². The number of benzene rings is 2. The second kappa shape index (κ2) is 20.3. The number of amides is 1. The lowest BCUT2D eigenvalue weighted by atomic mass is 9.72. The fourth-order valence-corrected chi connectivity index (χ4v) is 11.0. The fraction of sp³-hybridized carbons (Fsp3) is 0.620. The number of aliphatic hydroxyl groups excluding tert-OH is 3. The molecule has 1 aromatic heterocycles. The van der Waals surface area contributed by atoms with Crippen molar-refractivity contribution >= 4 is 29.4 Å². The molecule has 20 heteroatoms. The van der Waals surface area contributed by atoms with Gasteiger partial charge in [0.25, 0.3) is 0 Å². The van der Waals surface area contributed by atoms with Gasteiger partial charge in [-0.25, -0.2) is 9.48 Å². The summed E-state index contributed by atoms with van der Waals surface area (Å²) in [6, 6.07) is 3.35. The Labute approximate surface area is 404 Å². The number of carbonyl (C=O) groups is 5. The first-order chi connectivity index (χ1) is 33.2. The summed E-state index contributed by atoms with van der Waals surface area (Å²) in [6.45, 7) is 8.34. The van der Waals surface area contributed by atoms with Crippen LogP contribution in [0.2, 0.25) is 0 Å². The number of aliphatic hydroxyl groups is 4. The number of phenolic OH excluding ortho intramolecular Hbond substituents is 2. The van der Waals surface area contributed by atoms with Crippen LogP contribution in [0.3, 0.4) is 0 Å². The third-order valence-electron chi connectivity index (χ3n) is 14.9. The van der Waals surface area contributed by atoms with Gasteiger partial charge in [-0.05, 0) is 74.7 Å². The zero-order chi connectivity index (χ0) is 50.5. The molecule has 70 heavy (non-hydrogen) atoms. The van der Waals surface area contributed by atoms with Crippen molar-refractivity contribution in [2.24, 2.45) is 29.6 Å². The number of aromatic nitrogens is 3. The fourth-order valence-electron chi connectivity index (χ4n) is 11.0. The van der Waals surface area contributed by atoms with Gasteiger partial charge in [-0.3, -0.25) is 19.2 Å². The van der Waals surface area contributed by atoms with Crippen molar-refractivity contribution in [3.63, 3.8) is 0 Å². The van der Waals surface area contributed by atoms with E-state index >= 15 is 0 Å². The highest BCUT2D eigenvalue weighted by atomic mass is 16.7. The van der Waals surface area contributed by atoms with Crippen LogP contribution in [0.15, 0.2) is 18.2 Å². The molecule has 8 rings (SSSR count). The number of Topliss-reactive ketones (excluding diaryl/α,β-unsaturated/α-hetero) is 1. The van der Waals surface area contributed by atoms with Gasteiger partial charge >= 0.3 is 6.16 Å². The number of rotatable bonds is 16. The monoisotopic (exact) mass is 976 g/mol. The molecule has 20 nitrogen and oxygen atoms in total. The number of nitrogens with zero attached hydrogens (tertiary/aromatic N) is 3. The minimum atomic E-state index is -2.37. The maximum atomic E-state index is 14.1. The van der Waals surface area contributed by atoms with Gasteiger partial charge in [-0.2, -0.15) is 0 Å². The molecule has 1 aliphatic heterocycles. The zero-order valence-corrected chi connectivity index (χ0v) is 40.3. The van der Waals surface area contributed by atoms with E-state index in [1.54, 1.807) is 6.92 Å². The maximum Gasteiger partial charge on any atom is 0.508 e. The SMILES string of the molecule is COc1cccc2c1C(=O)c1c(O)c3c(c(O)c1C2=O)C[C@@](O)(C(=O)CO)C[C@@H]3O[C@H]1C[C@H](NC(=O)Cn2nnc3c2CC[C@H]2[C@@H](CC3)[C@H]2COC(=O)OC(CC(C)C)CC(O)C(C)C)[C@H](O)[C@H](C)O1. The quantitative estimate of drug-likeness (QED) is 0.0627. The first-order valence-corrected chi connectivity index (χ1v) is 24.2. The molecule has 1 saturated carbocycles. The highest BCUT2D eigenvalue weighted by Gasteiger charge is 2.52. The number of aryl methyl sites for hydroxylation is 1. The van der Waals surface area contributed by atoms with E-state index in [2.05, 4.69) is 15.6 Å². The number of fused-ring (bicyclic) bond motifs is 5. The number of hydrogen-bond donors (Lipinski definition) is 7. The minimum Gasteiger partial charge on any atom is -0.507 e. The lowest BCUT2D eigenvalue weighted by Gasteiger charge is -2.43.